The van der Waals surface area contributed by atoms with Gasteiger partial charge < -0.3 is 4.74 Å². The first kappa shape index (κ1) is 12.0. The number of ether oxygens (including phenoxy) is 1. The molecule has 0 aliphatic heterocycles. The van der Waals surface area contributed by atoms with Gasteiger partial charge in [-0.25, -0.2) is 0 Å². The van der Waals surface area contributed by atoms with Crippen molar-refractivity contribution in [1.82, 2.24) is 5.43 Å². The van der Waals surface area contributed by atoms with Crippen molar-refractivity contribution in [3.63, 3.8) is 0 Å². The summed E-state index contributed by atoms with van der Waals surface area (Å²) in [6.45, 7) is 2.22. The summed E-state index contributed by atoms with van der Waals surface area (Å²) in [6.07, 6.45) is 8.53. The Labute approximate surface area is 87.4 Å². The number of hydrogen-bond acceptors (Lipinski definition) is 3. The summed E-state index contributed by atoms with van der Waals surface area (Å²) in [4.78, 5) is 0. The van der Waals surface area contributed by atoms with Gasteiger partial charge in [0.1, 0.15) is 0 Å². The number of rotatable bonds is 7. The normalized spacial score (nSPS) is 21.6. The van der Waals surface area contributed by atoms with Gasteiger partial charge in [0.2, 0.25) is 0 Å². The molecule has 0 heterocycles. The van der Waals surface area contributed by atoms with Crippen molar-refractivity contribution < 1.29 is 4.74 Å². The number of unbranched alkanes of at least 4 members (excludes halogenated alkanes) is 2. The minimum atomic E-state index is 0.0441. The molecule has 14 heavy (non-hydrogen) atoms. The summed E-state index contributed by atoms with van der Waals surface area (Å²) in [5.41, 5.74) is 2.97. The van der Waals surface area contributed by atoms with Crippen LogP contribution in [0.3, 0.4) is 0 Å². The van der Waals surface area contributed by atoms with Gasteiger partial charge in [0.05, 0.1) is 11.6 Å². The van der Waals surface area contributed by atoms with Crippen molar-refractivity contribution in [2.24, 2.45) is 5.84 Å². The molecule has 0 radical (unpaired) electrons. The average molecular weight is 200 g/mol. The van der Waals surface area contributed by atoms with Gasteiger partial charge in [0, 0.05) is 7.11 Å². The summed E-state index contributed by atoms with van der Waals surface area (Å²) in [6, 6.07) is 0.341. The van der Waals surface area contributed by atoms with E-state index in [4.69, 9.17) is 10.6 Å². The fourth-order valence-electron chi connectivity index (χ4n) is 2.32. The Bertz CT molecular complexity index is 152. The fraction of sp³-hybridized carbons (Fsp3) is 1.00. The van der Waals surface area contributed by atoms with Crippen molar-refractivity contribution in [3.05, 3.63) is 0 Å². The Balaban J connectivity index is 2.35. The molecule has 0 amide bonds. The lowest BCUT2D eigenvalue weighted by molar-refractivity contribution is -0.100. The van der Waals surface area contributed by atoms with Crippen LogP contribution in [0, 0.1) is 0 Å². The quantitative estimate of drug-likeness (QED) is 0.375. The molecular weight excluding hydrogens is 176 g/mol. The van der Waals surface area contributed by atoms with Crippen LogP contribution in [0.2, 0.25) is 0 Å². The van der Waals surface area contributed by atoms with Gasteiger partial charge in [0.25, 0.3) is 0 Å². The van der Waals surface area contributed by atoms with E-state index in [-0.39, 0.29) is 5.60 Å². The number of hydrazine groups is 1. The molecule has 0 aromatic heterocycles. The SMILES string of the molecule is CCCCCC(NN)C1(OC)CCC1. The zero-order valence-electron chi connectivity index (χ0n) is 9.51. The third-order valence-electron chi connectivity index (χ3n) is 3.54. The third kappa shape index (κ3) is 2.47. The van der Waals surface area contributed by atoms with Gasteiger partial charge in [-0.1, -0.05) is 26.2 Å². The van der Waals surface area contributed by atoms with E-state index in [2.05, 4.69) is 12.3 Å². The molecule has 84 valence electrons. The molecule has 1 saturated carbocycles. The predicted molar refractivity (Wildman–Crippen MR) is 58.8 cm³/mol. The second-order valence-corrected chi connectivity index (χ2v) is 4.34. The highest BCUT2D eigenvalue weighted by Crippen LogP contribution is 2.39. The van der Waals surface area contributed by atoms with Crippen LogP contribution in [-0.2, 0) is 4.74 Å². The Morgan fingerprint density at radius 1 is 1.43 bits per heavy atom. The number of methoxy groups -OCH3 is 1. The summed E-state index contributed by atoms with van der Waals surface area (Å²) in [5.74, 6) is 5.60. The smallest absolute Gasteiger partial charge is 0.0844 e. The Hall–Kier alpha value is -0.120. The maximum Gasteiger partial charge on any atom is 0.0844 e. The molecule has 1 aliphatic rings. The van der Waals surface area contributed by atoms with Gasteiger partial charge in [-0.2, -0.15) is 0 Å². The molecule has 3 N–H and O–H groups in total. The summed E-state index contributed by atoms with van der Waals surface area (Å²) < 4.78 is 5.61. The number of nitrogens with two attached hydrogens (primary N) is 1. The minimum Gasteiger partial charge on any atom is -0.377 e. The lowest BCUT2D eigenvalue weighted by Crippen LogP contribution is -2.58. The van der Waals surface area contributed by atoms with E-state index < -0.39 is 0 Å². The van der Waals surface area contributed by atoms with Gasteiger partial charge in [-0.15, -0.1) is 0 Å². The zero-order chi connectivity index (χ0) is 10.4. The maximum absolute atomic E-state index is 5.61. The van der Waals surface area contributed by atoms with Crippen LogP contribution in [0.1, 0.15) is 51.9 Å². The molecule has 1 unspecified atom stereocenters. The van der Waals surface area contributed by atoms with Crippen LogP contribution in [0.5, 0.6) is 0 Å². The van der Waals surface area contributed by atoms with Gasteiger partial charge in [-0.3, -0.25) is 11.3 Å². The number of hydrogen-bond donors (Lipinski definition) is 2. The van der Waals surface area contributed by atoms with Crippen molar-refractivity contribution in [2.45, 2.75) is 63.5 Å². The van der Waals surface area contributed by atoms with Crippen LogP contribution in [-0.4, -0.2) is 18.8 Å². The second-order valence-electron chi connectivity index (χ2n) is 4.34. The van der Waals surface area contributed by atoms with E-state index in [1.807, 2.05) is 7.11 Å². The third-order valence-corrected chi connectivity index (χ3v) is 3.54. The average Bonchev–Trinajstić information content (AvgIpc) is 2.14. The van der Waals surface area contributed by atoms with Gasteiger partial charge in [-0.05, 0) is 25.7 Å². The summed E-state index contributed by atoms with van der Waals surface area (Å²) >= 11 is 0. The van der Waals surface area contributed by atoms with Crippen LogP contribution in [0.4, 0.5) is 0 Å². The molecule has 1 aliphatic carbocycles. The molecule has 0 saturated heterocycles. The van der Waals surface area contributed by atoms with E-state index in [0.717, 1.165) is 19.3 Å². The van der Waals surface area contributed by atoms with Crippen molar-refractivity contribution in [2.75, 3.05) is 7.11 Å². The molecule has 1 fully saturated rings. The molecule has 3 nitrogen and oxygen atoms in total. The highest BCUT2D eigenvalue weighted by atomic mass is 16.5. The van der Waals surface area contributed by atoms with E-state index in [0.29, 0.717) is 6.04 Å². The van der Waals surface area contributed by atoms with Crippen LogP contribution >= 0.6 is 0 Å². The molecule has 1 atom stereocenters. The van der Waals surface area contributed by atoms with Gasteiger partial charge >= 0.3 is 0 Å². The van der Waals surface area contributed by atoms with E-state index in [1.54, 1.807) is 0 Å². The fourth-order valence-corrected chi connectivity index (χ4v) is 2.32. The Morgan fingerprint density at radius 3 is 2.50 bits per heavy atom. The maximum atomic E-state index is 5.61. The van der Waals surface area contributed by atoms with Crippen LogP contribution in [0.15, 0.2) is 0 Å². The molecule has 0 spiro atoms. The largest absolute Gasteiger partial charge is 0.377 e. The highest BCUT2D eigenvalue weighted by molar-refractivity contribution is 4.98. The first-order chi connectivity index (χ1) is 6.79. The second kappa shape index (κ2) is 5.69. The Kier molecular flexibility index (Phi) is 4.85. The van der Waals surface area contributed by atoms with E-state index in [1.165, 1.54) is 25.7 Å². The monoisotopic (exact) mass is 200 g/mol. The minimum absolute atomic E-state index is 0.0441. The summed E-state index contributed by atoms with van der Waals surface area (Å²) in [5, 5.41) is 0. The lowest BCUT2D eigenvalue weighted by atomic mass is 9.73. The lowest BCUT2D eigenvalue weighted by Gasteiger charge is -2.46. The first-order valence-corrected chi connectivity index (χ1v) is 5.80. The first-order valence-electron chi connectivity index (χ1n) is 5.80. The highest BCUT2D eigenvalue weighted by Gasteiger charge is 2.43. The van der Waals surface area contributed by atoms with E-state index >= 15 is 0 Å². The Morgan fingerprint density at radius 2 is 2.14 bits per heavy atom. The molecular formula is C11H24N2O. The van der Waals surface area contributed by atoms with E-state index in [9.17, 15) is 0 Å². The van der Waals surface area contributed by atoms with Gasteiger partial charge in [0.15, 0.2) is 0 Å². The molecule has 0 bridgehead atoms. The standard InChI is InChI=1S/C11H24N2O/c1-3-4-5-7-10(13-12)11(14-2)8-6-9-11/h10,13H,3-9,12H2,1-2H3. The summed E-state index contributed by atoms with van der Waals surface area (Å²) in [7, 11) is 1.81. The molecule has 3 heteroatoms. The topological polar surface area (TPSA) is 47.3 Å². The predicted octanol–water partition coefficient (Wildman–Crippen LogP) is 1.97. The van der Waals surface area contributed by atoms with Crippen LogP contribution in [0.25, 0.3) is 0 Å². The van der Waals surface area contributed by atoms with Crippen LogP contribution < -0.4 is 11.3 Å². The molecule has 0 aromatic rings. The van der Waals surface area contributed by atoms with Crippen molar-refractivity contribution in [3.8, 4) is 0 Å². The van der Waals surface area contributed by atoms with Crippen molar-refractivity contribution in [1.29, 1.82) is 0 Å². The number of nitrogens with one attached hydrogen (secondary N) is 1. The molecule has 1 rings (SSSR count). The molecule has 0 aromatic carbocycles. The van der Waals surface area contributed by atoms with Crippen molar-refractivity contribution >= 4 is 0 Å². The zero-order valence-corrected chi connectivity index (χ0v) is 9.51.